The maximum absolute atomic E-state index is 17.7. The Morgan fingerprint density at radius 2 is 1.46 bits per heavy atom. The van der Waals surface area contributed by atoms with Gasteiger partial charge in [-0.1, -0.05) is 72.8 Å². The van der Waals surface area contributed by atoms with E-state index in [1.54, 1.807) is 43.1 Å². The first-order chi connectivity index (χ1) is 30.6. The van der Waals surface area contributed by atoms with Crippen LogP contribution in [0, 0.1) is 11.3 Å². The Balaban J connectivity index is 1.30. The summed E-state index contributed by atoms with van der Waals surface area (Å²) < 4.78 is 59.3. The van der Waals surface area contributed by atoms with Gasteiger partial charge >= 0.3 is 0 Å². The lowest BCUT2D eigenvalue weighted by molar-refractivity contribution is -0.0887. The summed E-state index contributed by atoms with van der Waals surface area (Å²) in [7, 11) is 1.27. The summed E-state index contributed by atoms with van der Waals surface area (Å²) in [5.41, 5.74) is 2.02. The van der Waals surface area contributed by atoms with Gasteiger partial charge in [-0.2, -0.15) is 5.26 Å². The van der Waals surface area contributed by atoms with Gasteiger partial charge in [0.15, 0.2) is 29.4 Å². The monoisotopic (exact) mass is 875 g/mol. The molecular formula is C47H51FN7O7P. The summed E-state index contributed by atoms with van der Waals surface area (Å²) >= 11 is 0. The van der Waals surface area contributed by atoms with E-state index in [1.165, 1.54) is 12.7 Å². The van der Waals surface area contributed by atoms with Crippen molar-refractivity contribution in [1.82, 2.24) is 24.2 Å². The first kappa shape index (κ1) is 45.2. The van der Waals surface area contributed by atoms with E-state index < -0.39 is 38.7 Å². The van der Waals surface area contributed by atoms with Crippen LogP contribution in [0.1, 0.15) is 67.4 Å². The Hall–Kier alpha value is -5.85. The topological polar surface area (TPSA) is 155 Å². The number of imidazole rings is 1. The van der Waals surface area contributed by atoms with Crippen molar-refractivity contribution < 1.29 is 37.2 Å². The fourth-order valence-electron chi connectivity index (χ4n) is 7.74. The van der Waals surface area contributed by atoms with E-state index in [4.69, 9.17) is 28.0 Å². The van der Waals surface area contributed by atoms with Crippen LogP contribution in [0.4, 0.5) is 10.2 Å². The molecule has 63 heavy (non-hydrogen) atoms. The zero-order valence-corrected chi connectivity index (χ0v) is 36.9. The molecule has 6 aromatic rings. The Labute approximate surface area is 367 Å². The summed E-state index contributed by atoms with van der Waals surface area (Å²) in [5, 5.41) is 12.2. The Bertz CT molecular complexity index is 2400. The summed E-state index contributed by atoms with van der Waals surface area (Å²) in [6, 6.07) is 35.6. The zero-order valence-electron chi connectivity index (χ0n) is 36.0. The van der Waals surface area contributed by atoms with Crippen LogP contribution < -0.4 is 14.8 Å². The number of aromatic nitrogens is 4. The minimum Gasteiger partial charge on any atom is -0.497 e. The van der Waals surface area contributed by atoms with E-state index in [2.05, 4.69) is 26.3 Å². The molecule has 0 bridgehead atoms. The fourth-order valence-corrected chi connectivity index (χ4v) is 9.48. The van der Waals surface area contributed by atoms with Gasteiger partial charge < -0.3 is 33.3 Å². The van der Waals surface area contributed by atoms with Crippen molar-refractivity contribution in [2.75, 3.05) is 32.8 Å². The first-order valence-corrected chi connectivity index (χ1v) is 21.8. The van der Waals surface area contributed by atoms with Crippen molar-refractivity contribution in [1.29, 1.82) is 5.26 Å². The van der Waals surface area contributed by atoms with E-state index in [-0.39, 0.29) is 54.6 Å². The van der Waals surface area contributed by atoms with Gasteiger partial charge in [-0.05, 0) is 80.8 Å². The number of halogens is 1. The van der Waals surface area contributed by atoms with Crippen molar-refractivity contribution in [3.05, 3.63) is 144 Å². The number of fused-ring (bicyclic) bond motifs is 1. The molecule has 1 fully saturated rings. The zero-order chi connectivity index (χ0) is 44.5. The molecule has 1 aliphatic rings. The van der Waals surface area contributed by atoms with Crippen LogP contribution in [0.15, 0.2) is 122 Å². The lowest BCUT2D eigenvalue weighted by Crippen LogP contribution is -2.39. The number of hydrogen-bond acceptors (Lipinski definition) is 12. The third-order valence-corrected chi connectivity index (χ3v) is 12.8. The molecular weight excluding hydrogens is 825 g/mol. The van der Waals surface area contributed by atoms with E-state index in [1.807, 2.05) is 117 Å². The third-order valence-electron chi connectivity index (χ3n) is 10.7. The molecule has 16 heteroatoms. The van der Waals surface area contributed by atoms with Crippen molar-refractivity contribution in [3.63, 3.8) is 0 Å². The van der Waals surface area contributed by atoms with Crippen molar-refractivity contribution in [2.45, 2.75) is 76.4 Å². The van der Waals surface area contributed by atoms with Crippen LogP contribution in [0.5, 0.6) is 11.5 Å². The van der Waals surface area contributed by atoms with Gasteiger partial charge in [0, 0.05) is 17.6 Å². The maximum Gasteiger partial charge on any atom is 0.259 e. The fraction of sp³-hybridized carbons (Fsp3) is 0.340. The van der Waals surface area contributed by atoms with Gasteiger partial charge in [0.05, 0.1) is 46.3 Å². The highest BCUT2D eigenvalue weighted by molar-refractivity contribution is 7.44. The van der Waals surface area contributed by atoms with Crippen LogP contribution in [0.2, 0.25) is 0 Å². The van der Waals surface area contributed by atoms with Crippen LogP contribution in [-0.2, 0) is 24.1 Å². The standard InChI is InChI=1S/C47H51FN7O7P/c1-31(2)55(32(3)4)63(60-27-13-26-49)62-42-40(48)39(61-46(42)54-30-52-41-43(50-29-51-44(41)54)53-45(56)33-14-9-7-10-15-33)28-59-47(34-16-11-8-12-17-34,35-18-22-37(57-5)23-19-35)36-20-24-38(58-6)25-21-36/h7-12,14-25,29-32,39-40,42,46H,13,27-28H2,1-6H3,(H,50,51,53,56)/t39-,40+,42-,46-,63?/m1/s1. The predicted octanol–water partition coefficient (Wildman–Crippen LogP) is 9.00. The molecule has 3 heterocycles. The molecule has 1 unspecified atom stereocenters. The van der Waals surface area contributed by atoms with Gasteiger partial charge in [0.25, 0.3) is 14.4 Å². The van der Waals surface area contributed by atoms with Gasteiger partial charge in [0.2, 0.25) is 0 Å². The SMILES string of the molecule is COc1ccc(C(OC[C@H]2O[C@@H](n3cnc4c(NC(=O)c5ccccc5)ncnc43)[C@H](OP(OCCC#N)N(C(C)C)C(C)C)[C@H]2F)(c2ccccc2)c2ccc(OC)cc2)cc1. The van der Waals surface area contributed by atoms with Crippen molar-refractivity contribution in [2.24, 2.45) is 0 Å². The highest BCUT2D eigenvalue weighted by atomic mass is 31.2. The van der Waals surface area contributed by atoms with E-state index >= 15 is 4.39 Å². The first-order valence-electron chi connectivity index (χ1n) is 20.7. The van der Waals surface area contributed by atoms with Crippen LogP contribution >= 0.6 is 8.53 Å². The molecule has 1 N–H and O–H groups in total. The number of hydrogen-bond donors (Lipinski definition) is 1. The molecule has 328 valence electrons. The summed E-state index contributed by atoms with van der Waals surface area (Å²) in [4.78, 5) is 26.7. The van der Waals surface area contributed by atoms with Crippen molar-refractivity contribution >= 4 is 31.4 Å². The molecule has 0 saturated carbocycles. The van der Waals surface area contributed by atoms with Crippen molar-refractivity contribution in [3.8, 4) is 17.6 Å². The number of rotatable bonds is 19. The van der Waals surface area contributed by atoms with Gasteiger partial charge in [-0.25, -0.2) is 24.0 Å². The number of methoxy groups -OCH3 is 2. The lowest BCUT2D eigenvalue weighted by atomic mass is 9.80. The smallest absolute Gasteiger partial charge is 0.259 e. The summed E-state index contributed by atoms with van der Waals surface area (Å²) in [6.45, 7) is 7.86. The number of carbonyl (C=O) groups excluding carboxylic acids is 1. The number of nitrogens with zero attached hydrogens (tertiary/aromatic N) is 6. The van der Waals surface area contributed by atoms with E-state index in [0.29, 0.717) is 17.1 Å². The average molecular weight is 876 g/mol. The molecule has 1 aliphatic heterocycles. The molecule has 14 nitrogen and oxygen atoms in total. The minimum absolute atomic E-state index is 0.0609. The van der Waals surface area contributed by atoms with Crippen LogP contribution in [-0.4, -0.2) is 88.0 Å². The lowest BCUT2D eigenvalue weighted by Gasteiger charge is -2.38. The third kappa shape index (κ3) is 9.72. The molecule has 4 aromatic carbocycles. The quantitative estimate of drug-likeness (QED) is 0.0469. The predicted molar refractivity (Wildman–Crippen MR) is 237 cm³/mol. The highest BCUT2D eigenvalue weighted by Gasteiger charge is 2.51. The van der Waals surface area contributed by atoms with E-state index in [9.17, 15) is 10.1 Å². The second-order valence-electron chi connectivity index (χ2n) is 15.3. The number of anilines is 1. The average Bonchev–Trinajstić information content (AvgIpc) is 3.87. The number of carbonyl (C=O) groups is 1. The largest absolute Gasteiger partial charge is 0.497 e. The summed E-state index contributed by atoms with van der Waals surface area (Å²) in [6.07, 6.45) is -2.52. The number of alkyl halides is 1. The summed E-state index contributed by atoms with van der Waals surface area (Å²) in [5.74, 6) is 1.10. The molecule has 0 aliphatic carbocycles. The van der Waals surface area contributed by atoms with Gasteiger partial charge in [-0.15, -0.1) is 0 Å². The molecule has 0 spiro atoms. The normalized spacial score (nSPS) is 18.2. The van der Waals surface area contributed by atoms with Gasteiger partial charge in [-0.3, -0.25) is 9.36 Å². The van der Waals surface area contributed by atoms with Crippen LogP contribution in [0.25, 0.3) is 11.2 Å². The maximum atomic E-state index is 17.7. The number of nitrogens with one attached hydrogen (secondary N) is 1. The van der Waals surface area contributed by atoms with Crippen LogP contribution in [0.3, 0.4) is 0 Å². The van der Waals surface area contributed by atoms with E-state index in [0.717, 1.165) is 16.7 Å². The second kappa shape index (κ2) is 20.6. The number of nitriles is 1. The number of benzene rings is 4. The Morgan fingerprint density at radius 1 is 0.873 bits per heavy atom. The molecule has 1 amide bonds. The molecule has 1 saturated heterocycles. The molecule has 0 radical (unpaired) electrons. The number of amides is 1. The minimum atomic E-state index is -1.94. The molecule has 2 aromatic heterocycles. The number of ether oxygens (including phenoxy) is 4. The Kier molecular flexibility index (Phi) is 14.7. The molecule has 7 rings (SSSR count). The molecule has 5 atom stereocenters. The second-order valence-corrected chi connectivity index (χ2v) is 16.7. The highest BCUT2D eigenvalue weighted by Crippen LogP contribution is 2.52. The Morgan fingerprint density at radius 3 is 2.03 bits per heavy atom. The van der Waals surface area contributed by atoms with Gasteiger partial charge in [0.1, 0.15) is 35.6 Å².